The van der Waals surface area contributed by atoms with Gasteiger partial charge in [-0.2, -0.15) is 0 Å². The van der Waals surface area contributed by atoms with Crippen molar-refractivity contribution in [2.45, 2.75) is 32.1 Å². The Balaban J connectivity index is 1.71. The lowest BCUT2D eigenvalue weighted by Gasteiger charge is -2.17. The Morgan fingerprint density at radius 2 is 1.60 bits per heavy atom. The van der Waals surface area contributed by atoms with Crippen molar-refractivity contribution in [3.63, 3.8) is 0 Å². The van der Waals surface area contributed by atoms with Gasteiger partial charge in [0, 0.05) is 11.8 Å². The van der Waals surface area contributed by atoms with Gasteiger partial charge in [-0.25, -0.2) is 0 Å². The summed E-state index contributed by atoms with van der Waals surface area (Å²) < 4.78 is 0. The van der Waals surface area contributed by atoms with Crippen LogP contribution >= 0.6 is 0 Å². The summed E-state index contributed by atoms with van der Waals surface area (Å²) in [5.74, 6) is 0.0501. The van der Waals surface area contributed by atoms with Gasteiger partial charge in [-0.1, -0.05) is 12.2 Å². The summed E-state index contributed by atoms with van der Waals surface area (Å²) in [6, 6.07) is 0. The first-order chi connectivity index (χ1) is 7.27. The molecule has 2 aliphatic rings. The van der Waals surface area contributed by atoms with E-state index in [4.69, 9.17) is 0 Å². The third-order valence-electron chi connectivity index (χ3n) is 2.90. The van der Waals surface area contributed by atoms with Crippen molar-refractivity contribution in [3.05, 3.63) is 12.2 Å². The summed E-state index contributed by atoms with van der Waals surface area (Å²) in [5.41, 5.74) is 4.98. The number of carbonyl (C=O) groups is 2. The third kappa shape index (κ3) is 2.81. The summed E-state index contributed by atoms with van der Waals surface area (Å²) in [5, 5.41) is 0. The SMILES string of the molecule is O=C(NNC(=O)C1CC1)C1CC=CCC1. The number of amides is 2. The zero-order valence-electron chi connectivity index (χ0n) is 8.66. The molecular weight excluding hydrogens is 192 g/mol. The van der Waals surface area contributed by atoms with Crippen LogP contribution in [-0.2, 0) is 9.59 Å². The predicted octanol–water partition coefficient (Wildman–Crippen LogP) is 0.900. The van der Waals surface area contributed by atoms with Crippen LogP contribution in [0.1, 0.15) is 32.1 Å². The quantitative estimate of drug-likeness (QED) is 0.523. The molecule has 2 amide bonds. The molecule has 0 aliphatic heterocycles. The molecule has 4 heteroatoms. The van der Waals surface area contributed by atoms with Crippen LogP contribution in [0.25, 0.3) is 0 Å². The number of rotatable bonds is 2. The smallest absolute Gasteiger partial charge is 0.241 e. The molecule has 1 atom stereocenters. The van der Waals surface area contributed by atoms with E-state index < -0.39 is 0 Å². The van der Waals surface area contributed by atoms with Crippen LogP contribution in [0.4, 0.5) is 0 Å². The fraction of sp³-hybridized carbons (Fsp3) is 0.636. The highest BCUT2D eigenvalue weighted by atomic mass is 16.2. The van der Waals surface area contributed by atoms with Gasteiger partial charge >= 0.3 is 0 Å². The Morgan fingerprint density at radius 3 is 2.13 bits per heavy atom. The Bertz CT molecular complexity index is 295. The Hall–Kier alpha value is -1.32. The Kier molecular flexibility index (Phi) is 3.04. The predicted molar refractivity (Wildman–Crippen MR) is 55.5 cm³/mol. The first-order valence-electron chi connectivity index (χ1n) is 5.52. The van der Waals surface area contributed by atoms with Gasteiger partial charge in [-0.15, -0.1) is 0 Å². The van der Waals surface area contributed by atoms with Gasteiger partial charge in [0.2, 0.25) is 11.8 Å². The molecular formula is C11H16N2O2. The number of hydrogen-bond acceptors (Lipinski definition) is 2. The molecule has 0 aromatic carbocycles. The van der Waals surface area contributed by atoms with E-state index >= 15 is 0 Å². The fourth-order valence-electron chi connectivity index (χ4n) is 1.70. The summed E-state index contributed by atoms with van der Waals surface area (Å²) in [6.45, 7) is 0. The van der Waals surface area contributed by atoms with Crippen LogP contribution in [0.5, 0.6) is 0 Å². The largest absolute Gasteiger partial charge is 0.273 e. The second kappa shape index (κ2) is 4.47. The minimum atomic E-state index is -0.0617. The van der Waals surface area contributed by atoms with Gasteiger partial charge < -0.3 is 0 Å². The van der Waals surface area contributed by atoms with Gasteiger partial charge in [0.25, 0.3) is 0 Å². The Morgan fingerprint density at radius 1 is 0.933 bits per heavy atom. The second-order valence-corrected chi connectivity index (χ2v) is 4.23. The lowest BCUT2D eigenvalue weighted by Crippen LogP contribution is -2.45. The molecule has 0 heterocycles. The molecule has 15 heavy (non-hydrogen) atoms. The van der Waals surface area contributed by atoms with E-state index in [1.807, 2.05) is 6.08 Å². The molecule has 0 spiro atoms. The molecule has 0 bridgehead atoms. The van der Waals surface area contributed by atoms with Crippen molar-refractivity contribution in [2.75, 3.05) is 0 Å². The average Bonchev–Trinajstić information content (AvgIpc) is 3.10. The van der Waals surface area contributed by atoms with Crippen LogP contribution in [0.2, 0.25) is 0 Å². The van der Waals surface area contributed by atoms with Crippen LogP contribution < -0.4 is 10.9 Å². The van der Waals surface area contributed by atoms with Crippen molar-refractivity contribution < 1.29 is 9.59 Å². The molecule has 1 saturated carbocycles. The molecule has 82 valence electrons. The van der Waals surface area contributed by atoms with E-state index in [1.54, 1.807) is 0 Å². The topological polar surface area (TPSA) is 58.2 Å². The number of hydrogen-bond donors (Lipinski definition) is 2. The van der Waals surface area contributed by atoms with Crippen molar-refractivity contribution in [1.82, 2.24) is 10.9 Å². The van der Waals surface area contributed by atoms with E-state index in [2.05, 4.69) is 16.9 Å². The zero-order valence-corrected chi connectivity index (χ0v) is 8.66. The molecule has 1 unspecified atom stereocenters. The minimum absolute atomic E-state index is 0.0227. The fourth-order valence-corrected chi connectivity index (χ4v) is 1.70. The molecule has 2 aliphatic carbocycles. The molecule has 2 rings (SSSR count). The van der Waals surface area contributed by atoms with Crippen LogP contribution in [0, 0.1) is 11.8 Å². The molecule has 2 N–H and O–H groups in total. The zero-order chi connectivity index (χ0) is 10.7. The minimum Gasteiger partial charge on any atom is -0.273 e. The van der Waals surface area contributed by atoms with Gasteiger partial charge in [0.1, 0.15) is 0 Å². The van der Waals surface area contributed by atoms with Crippen molar-refractivity contribution in [3.8, 4) is 0 Å². The van der Waals surface area contributed by atoms with Crippen LogP contribution in [0.15, 0.2) is 12.2 Å². The molecule has 0 saturated heterocycles. The summed E-state index contributed by atoms with van der Waals surface area (Å²) in [7, 11) is 0. The van der Waals surface area contributed by atoms with E-state index in [0.717, 1.165) is 32.1 Å². The highest BCUT2D eigenvalue weighted by molar-refractivity contribution is 5.85. The standard InChI is InChI=1S/C11H16N2O2/c14-10(8-4-2-1-3-5-8)12-13-11(15)9-6-7-9/h1-2,8-9H,3-7H2,(H,12,14)(H,13,15). The van der Waals surface area contributed by atoms with E-state index in [1.165, 1.54) is 0 Å². The first kappa shape index (κ1) is 10.2. The number of hydrazine groups is 1. The monoisotopic (exact) mass is 208 g/mol. The Labute approximate surface area is 89.1 Å². The van der Waals surface area contributed by atoms with E-state index in [9.17, 15) is 9.59 Å². The van der Waals surface area contributed by atoms with Gasteiger partial charge in [0.15, 0.2) is 0 Å². The number of allylic oxidation sites excluding steroid dienone is 2. The van der Waals surface area contributed by atoms with Gasteiger partial charge in [0.05, 0.1) is 0 Å². The summed E-state index contributed by atoms with van der Waals surface area (Å²) in [4.78, 5) is 22.8. The highest BCUT2D eigenvalue weighted by Gasteiger charge is 2.30. The maximum Gasteiger partial charge on any atom is 0.241 e. The van der Waals surface area contributed by atoms with Gasteiger partial charge in [-0.3, -0.25) is 20.4 Å². The lowest BCUT2D eigenvalue weighted by atomic mass is 9.94. The van der Waals surface area contributed by atoms with Gasteiger partial charge in [-0.05, 0) is 32.1 Å². The number of nitrogens with one attached hydrogen (secondary N) is 2. The van der Waals surface area contributed by atoms with E-state index in [0.29, 0.717) is 0 Å². The van der Waals surface area contributed by atoms with Crippen LogP contribution in [-0.4, -0.2) is 11.8 Å². The molecule has 0 radical (unpaired) electrons. The van der Waals surface area contributed by atoms with Crippen molar-refractivity contribution >= 4 is 11.8 Å². The number of carbonyl (C=O) groups excluding carboxylic acids is 2. The molecule has 0 aromatic rings. The van der Waals surface area contributed by atoms with Crippen molar-refractivity contribution in [2.24, 2.45) is 11.8 Å². The first-order valence-corrected chi connectivity index (χ1v) is 5.52. The normalized spacial score (nSPS) is 24.7. The average molecular weight is 208 g/mol. The van der Waals surface area contributed by atoms with E-state index in [-0.39, 0.29) is 23.7 Å². The molecule has 1 fully saturated rings. The lowest BCUT2D eigenvalue weighted by molar-refractivity contribution is -0.131. The van der Waals surface area contributed by atoms with Crippen LogP contribution in [0.3, 0.4) is 0 Å². The molecule has 4 nitrogen and oxygen atoms in total. The second-order valence-electron chi connectivity index (χ2n) is 4.23. The maximum absolute atomic E-state index is 11.6. The highest BCUT2D eigenvalue weighted by Crippen LogP contribution is 2.28. The summed E-state index contributed by atoms with van der Waals surface area (Å²) in [6.07, 6.45) is 8.63. The van der Waals surface area contributed by atoms with Crippen molar-refractivity contribution in [1.29, 1.82) is 0 Å². The third-order valence-corrected chi connectivity index (χ3v) is 2.90. The maximum atomic E-state index is 11.6. The molecule has 0 aromatic heterocycles. The summed E-state index contributed by atoms with van der Waals surface area (Å²) >= 11 is 0.